The fraction of sp³-hybridized carbons (Fsp3) is 0.312. The fourth-order valence-electron chi connectivity index (χ4n) is 2.55. The molecule has 22 heavy (non-hydrogen) atoms. The molecular weight excluding hydrogens is 292 g/mol. The number of benzene rings is 1. The van der Waals surface area contributed by atoms with Crippen molar-refractivity contribution in [2.24, 2.45) is 5.92 Å². The van der Waals surface area contributed by atoms with Gasteiger partial charge in [0.2, 0.25) is 5.91 Å². The van der Waals surface area contributed by atoms with E-state index in [2.05, 4.69) is 5.32 Å². The summed E-state index contributed by atoms with van der Waals surface area (Å²) < 4.78 is 31.9. The summed E-state index contributed by atoms with van der Waals surface area (Å²) in [6.45, 7) is 0.0151. The second-order valence-corrected chi connectivity index (χ2v) is 5.37. The van der Waals surface area contributed by atoms with Gasteiger partial charge in [0.05, 0.1) is 12.8 Å². The Bertz CT molecular complexity index is 672. The first kappa shape index (κ1) is 14.7. The Labute approximate surface area is 125 Å². The molecule has 0 bridgehead atoms. The number of aliphatic hydroxyl groups excluding tert-OH is 1. The molecule has 0 saturated heterocycles. The Morgan fingerprint density at radius 3 is 2.91 bits per heavy atom. The molecule has 116 valence electrons. The molecule has 4 nitrogen and oxygen atoms in total. The van der Waals surface area contributed by atoms with E-state index >= 15 is 0 Å². The van der Waals surface area contributed by atoms with Gasteiger partial charge in [-0.05, 0) is 36.1 Å². The van der Waals surface area contributed by atoms with Crippen molar-refractivity contribution in [3.8, 4) is 0 Å². The summed E-state index contributed by atoms with van der Waals surface area (Å²) >= 11 is 0. The number of hydrogen-bond acceptors (Lipinski definition) is 3. The first-order valence-corrected chi connectivity index (χ1v) is 7.01. The number of rotatable bonds is 5. The van der Waals surface area contributed by atoms with Crippen molar-refractivity contribution in [1.29, 1.82) is 0 Å². The highest BCUT2D eigenvalue weighted by atomic mass is 19.2. The van der Waals surface area contributed by atoms with Crippen LogP contribution < -0.4 is 5.32 Å². The van der Waals surface area contributed by atoms with Gasteiger partial charge in [0.25, 0.3) is 0 Å². The highest BCUT2D eigenvalue weighted by molar-refractivity contribution is 5.82. The number of nitrogens with one attached hydrogen (secondary N) is 1. The predicted octanol–water partition coefficient (Wildman–Crippen LogP) is 2.51. The molecule has 0 spiro atoms. The lowest BCUT2D eigenvalue weighted by Gasteiger charge is -2.09. The molecule has 1 heterocycles. The van der Waals surface area contributed by atoms with Crippen LogP contribution in [0.1, 0.15) is 29.8 Å². The summed E-state index contributed by atoms with van der Waals surface area (Å²) in [7, 11) is 0. The van der Waals surface area contributed by atoms with Crippen LogP contribution in [-0.2, 0) is 4.79 Å². The minimum Gasteiger partial charge on any atom is -0.467 e. The van der Waals surface area contributed by atoms with Gasteiger partial charge in [0.1, 0.15) is 11.9 Å². The number of amides is 1. The van der Waals surface area contributed by atoms with Crippen LogP contribution in [0.3, 0.4) is 0 Å². The SMILES string of the molecule is O=C(NCC(O)c1ccco1)C1CC1c1cccc(F)c1F. The van der Waals surface area contributed by atoms with Crippen molar-refractivity contribution in [2.45, 2.75) is 18.4 Å². The third-order valence-corrected chi connectivity index (χ3v) is 3.85. The highest BCUT2D eigenvalue weighted by Crippen LogP contribution is 2.48. The maximum Gasteiger partial charge on any atom is 0.223 e. The monoisotopic (exact) mass is 307 g/mol. The molecule has 3 atom stereocenters. The van der Waals surface area contributed by atoms with Gasteiger partial charge in [0.15, 0.2) is 11.6 Å². The second kappa shape index (κ2) is 5.88. The number of carbonyl (C=O) groups excluding carboxylic acids is 1. The molecule has 1 fully saturated rings. The fourth-order valence-corrected chi connectivity index (χ4v) is 2.55. The van der Waals surface area contributed by atoms with E-state index in [0.29, 0.717) is 12.2 Å². The van der Waals surface area contributed by atoms with Crippen molar-refractivity contribution in [1.82, 2.24) is 5.32 Å². The minimum atomic E-state index is -0.929. The molecule has 0 radical (unpaired) electrons. The standard InChI is InChI=1S/C16H15F2NO3/c17-12-4-1-3-9(15(12)18)10-7-11(10)16(21)19-8-13(20)14-5-2-6-22-14/h1-6,10-11,13,20H,7-8H2,(H,19,21). The van der Waals surface area contributed by atoms with Gasteiger partial charge in [-0.15, -0.1) is 0 Å². The van der Waals surface area contributed by atoms with E-state index in [1.54, 1.807) is 12.1 Å². The van der Waals surface area contributed by atoms with E-state index in [0.717, 1.165) is 6.07 Å². The molecule has 1 aromatic carbocycles. The van der Waals surface area contributed by atoms with Crippen LogP contribution in [0.25, 0.3) is 0 Å². The van der Waals surface area contributed by atoms with Gasteiger partial charge >= 0.3 is 0 Å². The van der Waals surface area contributed by atoms with Crippen LogP contribution in [0.2, 0.25) is 0 Å². The van der Waals surface area contributed by atoms with E-state index in [1.165, 1.54) is 18.4 Å². The molecule has 1 saturated carbocycles. The topological polar surface area (TPSA) is 62.5 Å². The summed E-state index contributed by atoms with van der Waals surface area (Å²) in [6, 6.07) is 7.23. The molecule has 2 N–H and O–H groups in total. The second-order valence-electron chi connectivity index (χ2n) is 5.37. The zero-order chi connectivity index (χ0) is 15.7. The number of furan rings is 1. The molecule has 1 aromatic heterocycles. The normalized spacial score (nSPS) is 21.4. The summed E-state index contributed by atoms with van der Waals surface area (Å²) in [5.74, 6) is -2.41. The Balaban J connectivity index is 1.56. The van der Waals surface area contributed by atoms with E-state index in [9.17, 15) is 18.7 Å². The zero-order valence-electron chi connectivity index (χ0n) is 11.6. The lowest BCUT2D eigenvalue weighted by molar-refractivity contribution is -0.122. The van der Waals surface area contributed by atoms with E-state index < -0.39 is 17.7 Å². The van der Waals surface area contributed by atoms with Crippen molar-refractivity contribution < 1.29 is 23.1 Å². The Morgan fingerprint density at radius 1 is 1.36 bits per heavy atom. The van der Waals surface area contributed by atoms with E-state index in [-0.39, 0.29) is 29.9 Å². The molecule has 6 heteroatoms. The zero-order valence-corrected chi connectivity index (χ0v) is 11.6. The van der Waals surface area contributed by atoms with Crippen LogP contribution in [0.4, 0.5) is 8.78 Å². The number of carbonyl (C=O) groups is 1. The summed E-state index contributed by atoms with van der Waals surface area (Å²) in [5.41, 5.74) is 0.228. The first-order valence-electron chi connectivity index (χ1n) is 7.01. The van der Waals surface area contributed by atoms with Gasteiger partial charge in [0, 0.05) is 5.92 Å². The summed E-state index contributed by atoms with van der Waals surface area (Å²) in [5, 5.41) is 12.4. The maximum atomic E-state index is 13.7. The minimum absolute atomic E-state index is 0.0151. The molecular formula is C16H15F2NO3. The number of hydrogen-bond donors (Lipinski definition) is 2. The summed E-state index contributed by atoms with van der Waals surface area (Å²) in [4.78, 5) is 12.0. The van der Waals surface area contributed by atoms with Gasteiger partial charge in [-0.1, -0.05) is 12.1 Å². The molecule has 0 aliphatic heterocycles. The third kappa shape index (κ3) is 2.87. The number of halogens is 2. The van der Waals surface area contributed by atoms with Crippen molar-refractivity contribution in [3.05, 3.63) is 59.6 Å². The van der Waals surface area contributed by atoms with Gasteiger partial charge in [-0.3, -0.25) is 4.79 Å². The summed E-state index contributed by atoms with van der Waals surface area (Å²) in [6.07, 6.45) is 0.981. The highest BCUT2D eigenvalue weighted by Gasteiger charge is 2.45. The molecule has 1 aliphatic carbocycles. The van der Waals surface area contributed by atoms with E-state index in [4.69, 9.17) is 4.42 Å². The van der Waals surface area contributed by atoms with Crippen LogP contribution in [0.5, 0.6) is 0 Å². The quantitative estimate of drug-likeness (QED) is 0.892. The Kier molecular flexibility index (Phi) is 3.94. The van der Waals surface area contributed by atoms with Crippen molar-refractivity contribution in [3.63, 3.8) is 0 Å². The molecule has 3 unspecified atom stereocenters. The molecule has 2 aromatic rings. The lowest BCUT2D eigenvalue weighted by Crippen LogP contribution is -2.29. The average Bonchev–Trinajstić information content (AvgIpc) is 3.10. The van der Waals surface area contributed by atoms with Gasteiger partial charge < -0.3 is 14.8 Å². The Morgan fingerprint density at radius 2 is 2.18 bits per heavy atom. The van der Waals surface area contributed by atoms with Gasteiger partial charge in [-0.2, -0.15) is 0 Å². The largest absolute Gasteiger partial charge is 0.467 e. The van der Waals surface area contributed by atoms with Crippen LogP contribution >= 0.6 is 0 Å². The van der Waals surface area contributed by atoms with Crippen molar-refractivity contribution in [2.75, 3.05) is 6.54 Å². The molecule has 3 rings (SSSR count). The smallest absolute Gasteiger partial charge is 0.223 e. The Hall–Kier alpha value is -2.21. The first-order chi connectivity index (χ1) is 10.6. The predicted molar refractivity (Wildman–Crippen MR) is 73.9 cm³/mol. The van der Waals surface area contributed by atoms with Crippen LogP contribution in [0, 0.1) is 17.6 Å². The molecule has 1 aliphatic rings. The average molecular weight is 307 g/mol. The third-order valence-electron chi connectivity index (χ3n) is 3.85. The maximum absolute atomic E-state index is 13.7. The number of aliphatic hydroxyl groups is 1. The lowest BCUT2D eigenvalue weighted by atomic mass is 10.1. The van der Waals surface area contributed by atoms with Crippen LogP contribution in [0.15, 0.2) is 41.0 Å². The molecule has 1 amide bonds. The van der Waals surface area contributed by atoms with Crippen molar-refractivity contribution >= 4 is 5.91 Å². The van der Waals surface area contributed by atoms with Gasteiger partial charge in [-0.25, -0.2) is 8.78 Å². The van der Waals surface area contributed by atoms with Crippen LogP contribution in [-0.4, -0.2) is 17.6 Å². The van der Waals surface area contributed by atoms with E-state index in [1.807, 2.05) is 0 Å².